The molecule has 4 heterocycles. The van der Waals surface area contributed by atoms with Crippen LogP contribution >= 0.6 is 0 Å². The van der Waals surface area contributed by atoms with Crippen LogP contribution in [0.15, 0.2) is 29.0 Å². The van der Waals surface area contributed by atoms with E-state index in [1.54, 1.807) is 12.1 Å². The third-order valence-electron chi connectivity index (χ3n) is 3.96. The highest BCUT2D eigenvalue weighted by molar-refractivity contribution is 5.75. The van der Waals surface area contributed by atoms with Gasteiger partial charge in [0, 0.05) is 25.2 Å². The Bertz CT molecular complexity index is 849. The molecule has 1 aliphatic rings. The van der Waals surface area contributed by atoms with Gasteiger partial charge in [-0.3, -0.25) is 4.79 Å². The largest absolute Gasteiger partial charge is 0.461 e. The Morgan fingerprint density at radius 1 is 1.50 bits per heavy atom. The van der Waals surface area contributed by atoms with Crippen LogP contribution in [0.25, 0.3) is 11.6 Å². The minimum atomic E-state index is -0.135. The molecule has 9 heteroatoms. The lowest BCUT2D eigenvalue weighted by Crippen LogP contribution is -2.42. The van der Waals surface area contributed by atoms with Gasteiger partial charge in [-0.15, -0.1) is 10.2 Å². The number of hydrogen-bond donors (Lipinski definition) is 1. The Kier molecular flexibility index (Phi) is 3.60. The zero-order valence-electron chi connectivity index (χ0n) is 13.2. The minimum absolute atomic E-state index is 0.0278. The quantitative estimate of drug-likeness (QED) is 0.751. The molecule has 0 unspecified atom stereocenters. The van der Waals surface area contributed by atoms with Crippen LogP contribution < -0.4 is 5.32 Å². The first-order valence-electron chi connectivity index (χ1n) is 7.81. The van der Waals surface area contributed by atoms with Gasteiger partial charge in [-0.25, -0.2) is 4.98 Å². The van der Waals surface area contributed by atoms with Crippen molar-refractivity contribution in [2.75, 3.05) is 0 Å². The van der Waals surface area contributed by atoms with Crippen molar-refractivity contribution in [3.05, 3.63) is 36.1 Å². The monoisotopic (exact) mass is 327 g/mol. The van der Waals surface area contributed by atoms with Gasteiger partial charge in [0.1, 0.15) is 12.4 Å². The molecular weight excluding hydrogens is 310 g/mol. The van der Waals surface area contributed by atoms with Crippen molar-refractivity contribution in [3.63, 3.8) is 0 Å². The van der Waals surface area contributed by atoms with E-state index in [2.05, 4.69) is 30.3 Å². The summed E-state index contributed by atoms with van der Waals surface area (Å²) in [5, 5.41) is 14.9. The molecule has 0 saturated carbocycles. The second-order valence-electron chi connectivity index (χ2n) is 5.87. The molecule has 0 fully saturated rings. The molecule has 4 rings (SSSR count). The van der Waals surface area contributed by atoms with E-state index >= 15 is 0 Å². The van der Waals surface area contributed by atoms with E-state index in [0.717, 1.165) is 30.9 Å². The molecule has 3 aromatic heterocycles. The highest BCUT2D eigenvalue weighted by Gasteiger charge is 2.21. The molecule has 9 nitrogen and oxygen atoms in total. The summed E-state index contributed by atoms with van der Waals surface area (Å²) in [5.74, 6) is 1.84. The molecule has 1 N–H and O–H groups in total. The molecule has 0 radical (unpaired) electrons. The number of tetrazole rings is 1. The topological polar surface area (TPSA) is 104 Å². The maximum atomic E-state index is 12.2. The van der Waals surface area contributed by atoms with Crippen LogP contribution in [0.5, 0.6) is 0 Å². The predicted molar refractivity (Wildman–Crippen MR) is 82.7 cm³/mol. The second-order valence-corrected chi connectivity index (χ2v) is 5.87. The summed E-state index contributed by atoms with van der Waals surface area (Å²) in [6.07, 6.45) is 5.30. The van der Waals surface area contributed by atoms with Gasteiger partial charge in [0.15, 0.2) is 5.76 Å². The van der Waals surface area contributed by atoms with Crippen molar-refractivity contribution in [3.8, 4) is 11.6 Å². The minimum Gasteiger partial charge on any atom is -0.461 e. The van der Waals surface area contributed by atoms with Crippen molar-refractivity contribution >= 4 is 5.91 Å². The molecule has 1 amide bonds. The van der Waals surface area contributed by atoms with E-state index in [4.69, 9.17) is 4.42 Å². The first-order chi connectivity index (χ1) is 11.7. The molecule has 0 saturated heterocycles. The highest BCUT2D eigenvalue weighted by atomic mass is 16.3. The van der Waals surface area contributed by atoms with Crippen LogP contribution in [0.3, 0.4) is 0 Å². The fourth-order valence-corrected chi connectivity index (χ4v) is 2.92. The Labute approximate surface area is 137 Å². The van der Waals surface area contributed by atoms with Crippen molar-refractivity contribution in [2.24, 2.45) is 0 Å². The fraction of sp³-hybridized carbons (Fsp3) is 0.400. The summed E-state index contributed by atoms with van der Waals surface area (Å²) < 4.78 is 7.31. The number of imidazole rings is 1. The number of nitrogens with zero attached hydrogens (tertiary/aromatic N) is 6. The first kappa shape index (κ1) is 14.6. The SMILES string of the molecule is Cc1cn2c(n1)CC[C@H](NC(=O)Cn1nnc(-c3ccco3)n1)C2. The molecule has 0 aliphatic carbocycles. The molecule has 1 atom stereocenters. The number of carbonyl (C=O) groups is 1. The average Bonchev–Trinajstić information content (AvgIpc) is 3.25. The van der Waals surface area contributed by atoms with Gasteiger partial charge in [-0.05, 0) is 30.7 Å². The van der Waals surface area contributed by atoms with Gasteiger partial charge in [0.2, 0.25) is 11.7 Å². The van der Waals surface area contributed by atoms with Gasteiger partial charge in [-0.2, -0.15) is 4.80 Å². The number of nitrogens with one attached hydrogen (secondary N) is 1. The molecule has 1 aliphatic heterocycles. The normalized spacial score (nSPS) is 16.8. The van der Waals surface area contributed by atoms with Gasteiger partial charge in [0.25, 0.3) is 0 Å². The predicted octanol–water partition coefficient (Wildman–Crippen LogP) is 0.569. The number of amides is 1. The number of furan rings is 1. The van der Waals surface area contributed by atoms with Crippen LogP contribution in [-0.4, -0.2) is 41.7 Å². The maximum Gasteiger partial charge on any atom is 0.243 e. The third-order valence-corrected chi connectivity index (χ3v) is 3.96. The summed E-state index contributed by atoms with van der Waals surface area (Å²) in [5.41, 5.74) is 1.01. The van der Waals surface area contributed by atoms with E-state index in [1.807, 2.05) is 13.1 Å². The van der Waals surface area contributed by atoms with Crippen LogP contribution in [0, 0.1) is 6.92 Å². The summed E-state index contributed by atoms with van der Waals surface area (Å²) >= 11 is 0. The number of hydrogen-bond acceptors (Lipinski definition) is 6. The maximum absolute atomic E-state index is 12.2. The molecule has 0 bridgehead atoms. The van der Waals surface area contributed by atoms with Crippen LogP contribution in [0.1, 0.15) is 17.9 Å². The Balaban J connectivity index is 1.36. The number of aryl methyl sites for hydroxylation is 2. The Morgan fingerprint density at radius 2 is 2.42 bits per heavy atom. The summed E-state index contributed by atoms with van der Waals surface area (Å²) in [6.45, 7) is 2.75. The number of rotatable bonds is 4. The molecule has 124 valence electrons. The van der Waals surface area contributed by atoms with Crippen molar-refractivity contribution in [1.82, 2.24) is 35.1 Å². The molecule has 0 spiro atoms. The van der Waals surface area contributed by atoms with E-state index in [0.29, 0.717) is 11.6 Å². The summed E-state index contributed by atoms with van der Waals surface area (Å²) in [4.78, 5) is 17.9. The first-order valence-corrected chi connectivity index (χ1v) is 7.81. The van der Waals surface area contributed by atoms with E-state index < -0.39 is 0 Å². The Morgan fingerprint density at radius 3 is 3.25 bits per heavy atom. The highest BCUT2D eigenvalue weighted by Crippen LogP contribution is 2.15. The standard InChI is InChI=1S/C15H17N7O2/c1-10-7-21-8-11(4-5-13(21)16-10)17-14(23)9-22-19-15(18-20-22)12-3-2-6-24-12/h2-3,6-7,11H,4-5,8-9H2,1H3,(H,17,23)/t11-/m0/s1. The lowest BCUT2D eigenvalue weighted by atomic mass is 10.1. The lowest BCUT2D eigenvalue weighted by molar-refractivity contribution is -0.123. The zero-order valence-corrected chi connectivity index (χ0v) is 13.2. The number of aromatic nitrogens is 6. The average molecular weight is 327 g/mol. The van der Waals surface area contributed by atoms with Crippen molar-refractivity contribution in [2.45, 2.75) is 38.9 Å². The van der Waals surface area contributed by atoms with Crippen molar-refractivity contribution in [1.29, 1.82) is 0 Å². The van der Waals surface area contributed by atoms with Gasteiger partial charge >= 0.3 is 0 Å². The van der Waals surface area contributed by atoms with E-state index in [1.165, 1.54) is 11.1 Å². The molecule has 3 aromatic rings. The number of fused-ring (bicyclic) bond motifs is 1. The lowest BCUT2D eigenvalue weighted by Gasteiger charge is -2.24. The van der Waals surface area contributed by atoms with Crippen molar-refractivity contribution < 1.29 is 9.21 Å². The van der Waals surface area contributed by atoms with E-state index in [9.17, 15) is 4.79 Å². The van der Waals surface area contributed by atoms with Crippen LogP contribution in [0.4, 0.5) is 0 Å². The van der Waals surface area contributed by atoms with Crippen LogP contribution in [-0.2, 0) is 24.3 Å². The third kappa shape index (κ3) is 2.92. The van der Waals surface area contributed by atoms with Crippen LogP contribution in [0.2, 0.25) is 0 Å². The second kappa shape index (κ2) is 5.91. The zero-order chi connectivity index (χ0) is 16.5. The molecule has 24 heavy (non-hydrogen) atoms. The Hall–Kier alpha value is -2.97. The summed E-state index contributed by atoms with van der Waals surface area (Å²) in [7, 11) is 0. The number of carbonyl (C=O) groups excluding carboxylic acids is 1. The summed E-state index contributed by atoms with van der Waals surface area (Å²) in [6, 6.07) is 3.58. The smallest absolute Gasteiger partial charge is 0.243 e. The van der Waals surface area contributed by atoms with Gasteiger partial charge in [-0.1, -0.05) is 0 Å². The van der Waals surface area contributed by atoms with Gasteiger partial charge in [0.05, 0.1) is 12.0 Å². The molecule has 0 aromatic carbocycles. The van der Waals surface area contributed by atoms with E-state index in [-0.39, 0.29) is 18.5 Å². The van der Waals surface area contributed by atoms with Gasteiger partial charge < -0.3 is 14.3 Å². The molecular formula is C15H17N7O2. The fourth-order valence-electron chi connectivity index (χ4n) is 2.92.